The maximum atomic E-state index is 3.54. The highest BCUT2D eigenvalue weighted by atomic mass is 15.2. The summed E-state index contributed by atoms with van der Waals surface area (Å²) in [6.45, 7) is 11.2. The lowest BCUT2D eigenvalue weighted by molar-refractivity contribution is 0.337. The zero-order chi connectivity index (χ0) is 14.5. The molecule has 1 saturated heterocycles. The molecule has 0 radical (unpaired) electrons. The number of para-hydroxylation sites is 1. The fourth-order valence-electron chi connectivity index (χ4n) is 2.98. The second-order valence-corrected chi connectivity index (χ2v) is 6.32. The van der Waals surface area contributed by atoms with Crippen molar-refractivity contribution in [1.82, 2.24) is 10.2 Å². The zero-order valence-corrected chi connectivity index (χ0v) is 13.4. The van der Waals surface area contributed by atoms with Gasteiger partial charge in [0, 0.05) is 37.4 Å². The number of anilines is 1. The molecule has 0 amide bonds. The maximum absolute atomic E-state index is 3.54. The number of hydrogen-bond donors (Lipinski definition) is 1. The highest BCUT2D eigenvalue weighted by Gasteiger charge is 2.21. The van der Waals surface area contributed by atoms with Crippen LogP contribution in [0.1, 0.15) is 32.8 Å². The van der Waals surface area contributed by atoms with Crippen molar-refractivity contribution in [1.29, 1.82) is 0 Å². The van der Waals surface area contributed by atoms with Gasteiger partial charge in [0.25, 0.3) is 0 Å². The second-order valence-electron chi connectivity index (χ2n) is 6.32. The highest BCUT2D eigenvalue weighted by molar-refractivity contribution is 5.54. The lowest BCUT2D eigenvalue weighted by Gasteiger charge is -2.32. The second kappa shape index (κ2) is 7.09. The molecule has 1 atom stereocenters. The zero-order valence-electron chi connectivity index (χ0n) is 13.4. The molecule has 0 saturated carbocycles. The van der Waals surface area contributed by atoms with Crippen molar-refractivity contribution in [2.75, 3.05) is 31.6 Å². The Labute approximate surface area is 124 Å². The molecule has 1 aliphatic rings. The Morgan fingerprint density at radius 2 is 2.00 bits per heavy atom. The summed E-state index contributed by atoms with van der Waals surface area (Å²) in [5, 5.41) is 3.54. The first-order chi connectivity index (χ1) is 9.58. The molecule has 1 aromatic rings. The van der Waals surface area contributed by atoms with Gasteiger partial charge in [0.2, 0.25) is 0 Å². The van der Waals surface area contributed by atoms with Crippen LogP contribution in [0.2, 0.25) is 0 Å². The summed E-state index contributed by atoms with van der Waals surface area (Å²) in [7, 11) is 2.23. The lowest BCUT2D eigenvalue weighted by atomic mass is 10.1. The Hall–Kier alpha value is -1.06. The van der Waals surface area contributed by atoms with Gasteiger partial charge in [-0.2, -0.15) is 0 Å². The van der Waals surface area contributed by atoms with Gasteiger partial charge in [0.05, 0.1) is 0 Å². The molecule has 1 fully saturated rings. The van der Waals surface area contributed by atoms with E-state index in [2.05, 4.69) is 67.2 Å². The fourth-order valence-corrected chi connectivity index (χ4v) is 2.98. The van der Waals surface area contributed by atoms with Gasteiger partial charge in [0.1, 0.15) is 0 Å². The van der Waals surface area contributed by atoms with E-state index in [4.69, 9.17) is 0 Å². The van der Waals surface area contributed by atoms with Crippen molar-refractivity contribution in [2.24, 2.45) is 0 Å². The number of rotatable bonds is 4. The summed E-state index contributed by atoms with van der Waals surface area (Å²) in [6.07, 6.45) is 1.24. The molecule has 0 aromatic heterocycles. The Morgan fingerprint density at radius 3 is 2.75 bits per heavy atom. The third kappa shape index (κ3) is 3.97. The molecule has 1 heterocycles. The van der Waals surface area contributed by atoms with Crippen LogP contribution in [0.15, 0.2) is 24.3 Å². The monoisotopic (exact) mass is 275 g/mol. The summed E-state index contributed by atoms with van der Waals surface area (Å²) < 4.78 is 0. The average Bonchev–Trinajstić information content (AvgIpc) is 2.57. The van der Waals surface area contributed by atoms with Crippen molar-refractivity contribution in [3.63, 3.8) is 0 Å². The van der Waals surface area contributed by atoms with Crippen LogP contribution >= 0.6 is 0 Å². The molecule has 1 aliphatic heterocycles. The third-order valence-corrected chi connectivity index (χ3v) is 4.05. The Kier molecular flexibility index (Phi) is 5.44. The minimum Gasteiger partial charge on any atom is -0.367 e. The van der Waals surface area contributed by atoms with E-state index in [1.54, 1.807) is 0 Å². The molecule has 3 nitrogen and oxygen atoms in total. The normalized spacial score (nSPS) is 21.2. The topological polar surface area (TPSA) is 18.5 Å². The largest absolute Gasteiger partial charge is 0.367 e. The van der Waals surface area contributed by atoms with E-state index in [1.165, 1.54) is 24.2 Å². The molecule has 1 N–H and O–H groups in total. The van der Waals surface area contributed by atoms with Crippen molar-refractivity contribution < 1.29 is 0 Å². The summed E-state index contributed by atoms with van der Waals surface area (Å²) in [6, 6.07) is 9.94. The van der Waals surface area contributed by atoms with E-state index in [-0.39, 0.29) is 0 Å². The van der Waals surface area contributed by atoms with E-state index in [9.17, 15) is 0 Å². The van der Waals surface area contributed by atoms with Crippen LogP contribution < -0.4 is 10.2 Å². The minimum absolute atomic E-state index is 0.524. The summed E-state index contributed by atoms with van der Waals surface area (Å²) in [5.41, 5.74) is 2.82. The Bertz CT molecular complexity index is 416. The molecule has 3 heteroatoms. The molecule has 112 valence electrons. The van der Waals surface area contributed by atoms with Crippen molar-refractivity contribution in [3.8, 4) is 0 Å². The first kappa shape index (κ1) is 15.3. The van der Waals surface area contributed by atoms with Crippen LogP contribution in [0.25, 0.3) is 0 Å². The van der Waals surface area contributed by atoms with Gasteiger partial charge in [-0.3, -0.25) is 0 Å². The minimum atomic E-state index is 0.524. The van der Waals surface area contributed by atoms with E-state index >= 15 is 0 Å². The molecule has 20 heavy (non-hydrogen) atoms. The van der Waals surface area contributed by atoms with Crippen LogP contribution in [0.3, 0.4) is 0 Å². The van der Waals surface area contributed by atoms with E-state index in [0.29, 0.717) is 12.1 Å². The third-order valence-electron chi connectivity index (χ3n) is 4.05. The highest BCUT2D eigenvalue weighted by Crippen LogP contribution is 2.24. The molecular weight excluding hydrogens is 246 g/mol. The SMILES string of the molecule is CC(C)NCc1ccccc1N1CCCN(C)CC1C. The van der Waals surface area contributed by atoms with Gasteiger partial charge >= 0.3 is 0 Å². The number of nitrogens with one attached hydrogen (secondary N) is 1. The molecule has 0 aliphatic carbocycles. The van der Waals surface area contributed by atoms with Crippen molar-refractivity contribution in [3.05, 3.63) is 29.8 Å². The predicted molar refractivity (Wildman–Crippen MR) is 87.3 cm³/mol. The van der Waals surface area contributed by atoms with Crippen molar-refractivity contribution in [2.45, 2.75) is 45.8 Å². The molecule has 1 unspecified atom stereocenters. The van der Waals surface area contributed by atoms with Gasteiger partial charge < -0.3 is 15.1 Å². The van der Waals surface area contributed by atoms with Crippen molar-refractivity contribution >= 4 is 5.69 Å². The fraction of sp³-hybridized carbons (Fsp3) is 0.647. The van der Waals surface area contributed by atoms with Gasteiger partial charge in [-0.25, -0.2) is 0 Å². The number of hydrogen-bond acceptors (Lipinski definition) is 3. The summed E-state index contributed by atoms with van der Waals surface area (Å²) >= 11 is 0. The van der Waals surface area contributed by atoms with E-state index < -0.39 is 0 Å². The molecule has 0 spiro atoms. The lowest BCUT2D eigenvalue weighted by Crippen LogP contribution is -2.38. The molecule has 0 bridgehead atoms. The van der Waals surface area contributed by atoms with Crippen LogP contribution in [-0.2, 0) is 6.54 Å². The number of benzene rings is 1. The number of likely N-dealkylation sites (N-methyl/N-ethyl adjacent to an activating group) is 1. The van der Waals surface area contributed by atoms with Crippen LogP contribution in [0.4, 0.5) is 5.69 Å². The maximum Gasteiger partial charge on any atom is 0.0414 e. The summed E-state index contributed by atoms with van der Waals surface area (Å²) in [4.78, 5) is 5.03. The quantitative estimate of drug-likeness (QED) is 0.911. The van der Waals surface area contributed by atoms with Gasteiger partial charge in [-0.05, 0) is 38.6 Å². The average molecular weight is 275 g/mol. The predicted octanol–water partition coefficient (Wildman–Crippen LogP) is 2.72. The van der Waals surface area contributed by atoms with E-state index in [1.807, 2.05) is 0 Å². The summed E-state index contributed by atoms with van der Waals surface area (Å²) in [5.74, 6) is 0. The van der Waals surface area contributed by atoms with Crippen LogP contribution in [0.5, 0.6) is 0 Å². The number of nitrogens with zero attached hydrogens (tertiary/aromatic N) is 2. The smallest absolute Gasteiger partial charge is 0.0414 e. The van der Waals surface area contributed by atoms with Crippen LogP contribution in [0, 0.1) is 0 Å². The first-order valence-corrected chi connectivity index (χ1v) is 7.84. The van der Waals surface area contributed by atoms with Gasteiger partial charge in [-0.15, -0.1) is 0 Å². The van der Waals surface area contributed by atoms with Crippen LogP contribution in [-0.4, -0.2) is 43.7 Å². The Morgan fingerprint density at radius 1 is 1.25 bits per heavy atom. The Balaban J connectivity index is 2.17. The van der Waals surface area contributed by atoms with Gasteiger partial charge in [0.15, 0.2) is 0 Å². The molecule has 1 aromatic carbocycles. The van der Waals surface area contributed by atoms with E-state index in [0.717, 1.165) is 19.6 Å². The molecular formula is C17H29N3. The van der Waals surface area contributed by atoms with Gasteiger partial charge in [-0.1, -0.05) is 32.0 Å². The molecule has 2 rings (SSSR count). The first-order valence-electron chi connectivity index (χ1n) is 7.84. The standard InChI is InChI=1S/C17H29N3/c1-14(2)18-12-16-8-5-6-9-17(16)20-11-7-10-19(4)13-15(20)3/h5-6,8-9,14-15,18H,7,10-13H2,1-4H3.